The summed E-state index contributed by atoms with van der Waals surface area (Å²) in [6, 6.07) is 8.93. The van der Waals surface area contributed by atoms with Crippen molar-refractivity contribution in [2.75, 3.05) is 33.5 Å². The molecule has 32 heavy (non-hydrogen) atoms. The molecule has 0 radical (unpaired) electrons. The Kier molecular flexibility index (Phi) is 8.55. The molecule has 0 unspecified atom stereocenters. The molecular formula is C23H27NO8. The SMILES string of the molecule is CO[C@H](C(=O)N1C(=O)OC[C@@H]1Cc1ccccc1)[C@H]1OC(=CCCOCCO)C=CC1=O. The van der Waals surface area contributed by atoms with E-state index in [1.165, 1.54) is 19.3 Å². The molecule has 1 aromatic rings. The number of methoxy groups -OCH3 is 1. The molecule has 2 aliphatic rings. The first kappa shape index (κ1) is 23.6. The van der Waals surface area contributed by atoms with E-state index < -0.39 is 36.0 Å². The molecule has 0 bridgehead atoms. The molecule has 1 fully saturated rings. The van der Waals surface area contributed by atoms with Gasteiger partial charge in [0.1, 0.15) is 12.4 Å². The van der Waals surface area contributed by atoms with Crippen LogP contribution in [0.15, 0.2) is 54.3 Å². The van der Waals surface area contributed by atoms with Crippen molar-refractivity contribution in [2.24, 2.45) is 0 Å². The Morgan fingerprint density at radius 3 is 2.75 bits per heavy atom. The van der Waals surface area contributed by atoms with E-state index in [0.717, 1.165) is 10.5 Å². The molecule has 3 rings (SSSR count). The third-order valence-corrected chi connectivity index (χ3v) is 5.08. The van der Waals surface area contributed by atoms with E-state index in [-0.39, 0.29) is 19.8 Å². The highest BCUT2D eigenvalue weighted by Gasteiger charge is 2.46. The number of hydrogen-bond acceptors (Lipinski definition) is 8. The second kappa shape index (κ2) is 11.6. The molecule has 2 heterocycles. The Morgan fingerprint density at radius 1 is 1.25 bits per heavy atom. The van der Waals surface area contributed by atoms with E-state index >= 15 is 0 Å². The first-order chi connectivity index (χ1) is 15.5. The number of ether oxygens (including phenoxy) is 4. The molecule has 0 spiro atoms. The van der Waals surface area contributed by atoms with Crippen molar-refractivity contribution < 1.29 is 38.4 Å². The summed E-state index contributed by atoms with van der Waals surface area (Å²) in [6.45, 7) is 0.601. The van der Waals surface area contributed by atoms with Crippen molar-refractivity contribution in [1.82, 2.24) is 4.90 Å². The minimum absolute atomic E-state index is 0.0638. The maximum atomic E-state index is 13.3. The fourth-order valence-corrected chi connectivity index (χ4v) is 3.54. The Labute approximate surface area is 186 Å². The van der Waals surface area contributed by atoms with Crippen molar-refractivity contribution in [3.8, 4) is 0 Å². The lowest BCUT2D eigenvalue weighted by atomic mass is 10.0. The van der Waals surface area contributed by atoms with Gasteiger partial charge in [0.2, 0.25) is 0 Å². The number of carbonyl (C=O) groups is 3. The summed E-state index contributed by atoms with van der Waals surface area (Å²) in [5, 5.41) is 8.73. The molecule has 2 aliphatic heterocycles. The molecule has 0 aromatic heterocycles. The van der Waals surface area contributed by atoms with E-state index in [2.05, 4.69) is 0 Å². The van der Waals surface area contributed by atoms with Crippen LogP contribution in [0.2, 0.25) is 0 Å². The number of rotatable bonds is 10. The lowest BCUT2D eigenvalue weighted by Gasteiger charge is -2.30. The van der Waals surface area contributed by atoms with Gasteiger partial charge in [-0.25, -0.2) is 9.69 Å². The highest BCUT2D eigenvalue weighted by Crippen LogP contribution is 2.24. The van der Waals surface area contributed by atoms with Crippen LogP contribution in [0.4, 0.5) is 4.79 Å². The van der Waals surface area contributed by atoms with Crippen LogP contribution in [0.25, 0.3) is 0 Å². The van der Waals surface area contributed by atoms with Crippen LogP contribution in [-0.4, -0.2) is 79.6 Å². The van der Waals surface area contributed by atoms with Crippen molar-refractivity contribution in [3.63, 3.8) is 0 Å². The zero-order valence-electron chi connectivity index (χ0n) is 17.8. The Bertz CT molecular complexity index is 866. The van der Waals surface area contributed by atoms with Gasteiger partial charge >= 0.3 is 6.09 Å². The normalized spacial score (nSPS) is 22.7. The van der Waals surface area contributed by atoms with Crippen molar-refractivity contribution in [3.05, 3.63) is 59.9 Å². The third kappa shape index (κ3) is 5.82. The lowest BCUT2D eigenvalue weighted by Crippen LogP contribution is -2.53. The molecule has 2 amide bonds. The van der Waals surface area contributed by atoms with Gasteiger partial charge in [0.05, 0.1) is 25.9 Å². The van der Waals surface area contributed by atoms with E-state index in [4.69, 9.17) is 24.1 Å². The Balaban J connectivity index is 1.70. The van der Waals surface area contributed by atoms with Gasteiger partial charge in [-0.15, -0.1) is 0 Å². The Morgan fingerprint density at radius 2 is 2.03 bits per heavy atom. The van der Waals surface area contributed by atoms with Crippen molar-refractivity contribution in [2.45, 2.75) is 31.1 Å². The maximum absolute atomic E-state index is 13.3. The number of cyclic esters (lactones) is 1. The van der Waals surface area contributed by atoms with Crippen LogP contribution >= 0.6 is 0 Å². The summed E-state index contributed by atoms with van der Waals surface area (Å²) >= 11 is 0. The van der Waals surface area contributed by atoms with Gasteiger partial charge in [-0.1, -0.05) is 30.3 Å². The van der Waals surface area contributed by atoms with Gasteiger partial charge in [0.15, 0.2) is 18.0 Å². The van der Waals surface area contributed by atoms with Gasteiger partial charge in [0, 0.05) is 7.11 Å². The molecule has 3 atom stereocenters. The number of hydrogen-bond donors (Lipinski definition) is 1. The van der Waals surface area contributed by atoms with Crippen LogP contribution in [0, 0.1) is 0 Å². The molecule has 9 nitrogen and oxygen atoms in total. The predicted molar refractivity (Wildman–Crippen MR) is 113 cm³/mol. The van der Waals surface area contributed by atoms with E-state index in [1.807, 2.05) is 30.3 Å². The van der Waals surface area contributed by atoms with Gasteiger partial charge < -0.3 is 24.1 Å². The average molecular weight is 445 g/mol. The quantitative estimate of drug-likeness (QED) is 0.538. The number of aliphatic hydroxyl groups is 1. The number of nitrogens with zero attached hydrogens (tertiary/aromatic N) is 1. The number of benzene rings is 1. The summed E-state index contributed by atoms with van der Waals surface area (Å²) < 4.78 is 21.4. The number of imide groups is 1. The maximum Gasteiger partial charge on any atom is 0.417 e. The second-order valence-electron chi connectivity index (χ2n) is 7.29. The minimum Gasteiger partial charge on any atom is -0.479 e. The van der Waals surface area contributed by atoms with Gasteiger partial charge in [-0.3, -0.25) is 9.59 Å². The monoisotopic (exact) mass is 445 g/mol. The van der Waals surface area contributed by atoms with Crippen LogP contribution in [0.3, 0.4) is 0 Å². The van der Waals surface area contributed by atoms with E-state index in [1.54, 1.807) is 6.08 Å². The molecular weight excluding hydrogens is 418 g/mol. The van der Waals surface area contributed by atoms with Crippen LogP contribution < -0.4 is 0 Å². The highest BCUT2D eigenvalue weighted by atomic mass is 16.6. The number of allylic oxidation sites excluding steroid dienone is 1. The summed E-state index contributed by atoms with van der Waals surface area (Å²) in [5.74, 6) is -0.733. The topological polar surface area (TPSA) is 112 Å². The van der Waals surface area contributed by atoms with Gasteiger partial charge in [-0.05, 0) is 36.6 Å². The number of carbonyl (C=O) groups excluding carboxylic acids is 3. The number of ketones is 1. The van der Waals surface area contributed by atoms with Crippen molar-refractivity contribution >= 4 is 17.8 Å². The minimum atomic E-state index is -1.31. The molecule has 1 saturated heterocycles. The smallest absolute Gasteiger partial charge is 0.417 e. The average Bonchev–Trinajstić information content (AvgIpc) is 3.16. The number of amides is 2. The zero-order valence-corrected chi connectivity index (χ0v) is 17.8. The molecule has 1 N–H and O–H groups in total. The van der Waals surface area contributed by atoms with E-state index in [9.17, 15) is 14.4 Å². The van der Waals surface area contributed by atoms with Crippen molar-refractivity contribution in [1.29, 1.82) is 0 Å². The highest BCUT2D eigenvalue weighted by molar-refractivity contribution is 6.03. The molecule has 1 aromatic carbocycles. The van der Waals surface area contributed by atoms with Crippen LogP contribution in [0.1, 0.15) is 12.0 Å². The molecule has 172 valence electrons. The predicted octanol–water partition coefficient (Wildman–Crippen LogP) is 1.40. The van der Waals surface area contributed by atoms with Gasteiger partial charge in [0.25, 0.3) is 5.91 Å². The zero-order chi connectivity index (χ0) is 22.9. The van der Waals surface area contributed by atoms with Gasteiger partial charge in [-0.2, -0.15) is 0 Å². The fraction of sp³-hybridized carbons (Fsp3) is 0.435. The molecule has 9 heteroatoms. The Hall–Kier alpha value is -3.01. The fourth-order valence-electron chi connectivity index (χ4n) is 3.54. The first-order valence-electron chi connectivity index (χ1n) is 10.4. The third-order valence-electron chi connectivity index (χ3n) is 5.08. The first-order valence-corrected chi connectivity index (χ1v) is 10.4. The second-order valence-corrected chi connectivity index (χ2v) is 7.29. The summed E-state index contributed by atoms with van der Waals surface area (Å²) in [5.41, 5.74) is 0.948. The largest absolute Gasteiger partial charge is 0.479 e. The number of aliphatic hydroxyl groups excluding tert-OH is 1. The van der Waals surface area contributed by atoms with E-state index in [0.29, 0.717) is 25.2 Å². The molecule has 0 aliphatic carbocycles. The summed E-state index contributed by atoms with van der Waals surface area (Å²) in [7, 11) is 1.29. The lowest BCUT2D eigenvalue weighted by molar-refractivity contribution is -0.153. The molecule has 0 saturated carbocycles. The summed E-state index contributed by atoms with van der Waals surface area (Å²) in [6.07, 6.45) is 2.14. The summed E-state index contributed by atoms with van der Waals surface area (Å²) in [4.78, 5) is 39.1. The standard InChI is InChI=1S/C23H27NO8/c1-29-21(20-19(26)10-9-18(32-20)8-5-12-30-13-11-25)22(27)24-17(15-31-23(24)28)14-16-6-3-2-4-7-16/h2-4,6-10,17,20-21,25H,5,11-15H2,1H3/t17-,20-,21-/m0/s1. The van der Waals surface area contributed by atoms with Crippen LogP contribution in [-0.2, 0) is 35.0 Å². The van der Waals surface area contributed by atoms with Crippen LogP contribution in [0.5, 0.6) is 0 Å².